The van der Waals surface area contributed by atoms with Crippen molar-refractivity contribution in [3.05, 3.63) is 177 Å². The maximum atomic E-state index is 14.6. The van der Waals surface area contributed by atoms with E-state index >= 15 is 0 Å². The van der Waals surface area contributed by atoms with Crippen LogP contribution < -0.4 is 19.3 Å². The fraction of sp³-hybridized carbons (Fsp3) is 0.344. The normalized spacial score (nSPS) is 18.2. The average molecular weight is 1130 g/mol. The van der Waals surface area contributed by atoms with Crippen molar-refractivity contribution >= 4 is 57.0 Å². The van der Waals surface area contributed by atoms with Crippen molar-refractivity contribution in [1.29, 1.82) is 0 Å². The highest BCUT2D eigenvalue weighted by atomic mass is 19.1. The van der Waals surface area contributed by atoms with Gasteiger partial charge in [-0.2, -0.15) is 0 Å². The number of hydrogen-bond donors (Lipinski definition) is 1. The number of carboxylic acids is 1. The molecule has 4 aliphatic rings. The third kappa shape index (κ3) is 12.5. The quantitative estimate of drug-likeness (QED) is 0.0488. The Balaban J connectivity index is 0.000000174. The molecule has 0 amide bonds. The fourth-order valence-electron chi connectivity index (χ4n) is 10.8. The van der Waals surface area contributed by atoms with Gasteiger partial charge in [-0.3, -0.25) is 0 Å². The van der Waals surface area contributed by atoms with Crippen molar-refractivity contribution in [2.75, 3.05) is 56.3 Å². The third-order valence-electron chi connectivity index (χ3n) is 15.5. The summed E-state index contributed by atoms with van der Waals surface area (Å²) >= 11 is 0. The van der Waals surface area contributed by atoms with Gasteiger partial charge in [-0.15, -0.1) is 0 Å². The lowest BCUT2D eigenvalue weighted by molar-refractivity contribution is -0.0591. The average Bonchev–Trinajstić information content (AvgIpc) is 3.98. The fourth-order valence-corrected chi connectivity index (χ4v) is 10.8. The van der Waals surface area contributed by atoms with Gasteiger partial charge in [0.2, 0.25) is 0 Å². The van der Waals surface area contributed by atoms with E-state index in [2.05, 4.69) is 38.6 Å². The predicted molar refractivity (Wildman–Crippen MR) is 297 cm³/mol. The van der Waals surface area contributed by atoms with Crippen LogP contribution in [0.25, 0.3) is 31.8 Å². The van der Waals surface area contributed by atoms with Gasteiger partial charge in [0.15, 0.2) is 34.5 Å². The molecule has 4 fully saturated rings. The Labute approximate surface area is 474 Å². The first-order valence-electron chi connectivity index (χ1n) is 27.2. The Morgan fingerprint density at radius 1 is 0.602 bits per heavy atom. The summed E-state index contributed by atoms with van der Waals surface area (Å²) in [6.45, 7) is 19.1. The van der Waals surface area contributed by atoms with Crippen LogP contribution in [0.3, 0.4) is 0 Å². The Morgan fingerprint density at radius 2 is 1.06 bits per heavy atom. The van der Waals surface area contributed by atoms with Gasteiger partial charge in [-0.1, -0.05) is 12.1 Å². The SMILES string of the molecule is [C-]#[N+]c1ccc(OCc2nc(N3CC[C@@H](Cc4nc5ccc(C(=O)O)cc5n4C[C@@H]4CCO4)C3)ccc2F)c(F)c1.[C-]#[N+]c1ccc(OCc2nc(N3CC[C@@H](Cc4nc5ccc(C(=O)OC)cc5n4C[C@@H]4CCO4)C3)ccc2F)c(F)c1. The van der Waals surface area contributed by atoms with Gasteiger partial charge >= 0.3 is 11.9 Å². The second-order valence-electron chi connectivity index (χ2n) is 20.9. The number of benzene rings is 4. The Bertz CT molecular complexity index is 3830. The number of esters is 1. The molecule has 4 saturated heterocycles. The Morgan fingerprint density at radius 3 is 1.47 bits per heavy atom. The van der Waals surface area contributed by atoms with Crippen molar-refractivity contribution in [1.82, 2.24) is 29.1 Å². The number of imidazole rings is 2. The van der Waals surface area contributed by atoms with Gasteiger partial charge in [-0.05, 0) is 122 Å². The van der Waals surface area contributed by atoms with Crippen molar-refractivity contribution in [3.8, 4) is 11.5 Å². The number of halogens is 4. The molecule has 426 valence electrons. The molecule has 1 N–H and O–H groups in total. The topological polar surface area (TPSA) is 177 Å². The minimum absolute atomic E-state index is 0.0656. The largest absolute Gasteiger partial charge is 0.484 e. The van der Waals surface area contributed by atoms with E-state index in [-0.39, 0.29) is 77.1 Å². The number of ether oxygens (including phenoxy) is 5. The number of methoxy groups -OCH3 is 1. The van der Waals surface area contributed by atoms with Crippen LogP contribution in [0.5, 0.6) is 11.5 Å². The minimum atomic E-state index is -0.979. The number of pyridine rings is 2. The van der Waals surface area contributed by atoms with E-state index in [0.717, 1.165) is 104 Å². The lowest BCUT2D eigenvalue weighted by Crippen LogP contribution is -2.32. The van der Waals surface area contributed by atoms with E-state index in [9.17, 15) is 32.3 Å². The van der Waals surface area contributed by atoms with Gasteiger partial charge in [-0.25, -0.2) is 56.8 Å². The highest BCUT2D eigenvalue weighted by Crippen LogP contribution is 2.33. The molecule has 0 saturated carbocycles. The summed E-state index contributed by atoms with van der Waals surface area (Å²) in [5, 5.41) is 9.48. The molecule has 83 heavy (non-hydrogen) atoms. The summed E-state index contributed by atoms with van der Waals surface area (Å²) in [6, 6.07) is 24.1. The number of rotatable bonds is 18. The van der Waals surface area contributed by atoms with Crippen LogP contribution in [0.1, 0.15) is 69.4 Å². The number of nitrogens with zero attached hydrogens (tertiary/aromatic N) is 10. The van der Waals surface area contributed by atoms with E-state index in [4.69, 9.17) is 46.8 Å². The highest BCUT2D eigenvalue weighted by molar-refractivity contribution is 5.94. The number of aromatic carboxylic acids is 1. The summed E-state index contributed by atoms with van der Waals surface area (Å²) < 4.78 is 89.0. The highest BCUT2D eigenvalue weighted by Gasteiger charge is 2.31. The number of hydrogen-bond acceptors (Lipinski definition) is 13. The molecule has 18 nitrogen and oxygen atoms in total. The molecule has 4 aromatic carbocycles. The smallest absolute Gasteiger partial charge is 0.337 e. The van der Waals surface area contributed by atoms with Gasteiger partial charge in [0, 0.05) is 52.2 Å². The van der Waals surface area contributed by atoms with Crippen LogP contribution in [0.15, 0.2) is 97.1 Å². The zero-order chi connectivity index (χ0) is 57.7. The standard InChI is InChI=1S/C31H29F2N5O4.C30H27F2N5O4/c1-34-21-4-7-28(24(33)15-21)42-18-26-23(32)5-8-29(36-26)37-11-9-19(16-37)13-30-35-25-6-3-20(31(39)40-2)14-27(25)38(30)17-22-10-12-41-22;1-33-20-3-6-27(23(32)14-20)41-17-25-22(31)4-7-28(35-25)36-10-8-18(15-36)12-29-34-24-5-2-19(30(38)39)13-26(24)37(29)16-21-9-11-40-21/h3-8,14-15,19,22H,9-13,16-18H2,2H3;2-7,13-14,18,21H,8-12,15-17H2,(H,38,39)/t19-,22-;18-,21-/m00/s1. The number of carbonyl (C=O) groups excluding carboxylic acids is 1. The summed E-state index contributed by atoms with van der Waals surface area (Å²) in [5.41, 5.74) is 4.39. The maximum Gasteiger partial charge on any atom is 0.337 e. The molecule has 8 heterocycles. The zero-order valence-electron chi connectivity index (χ0n) is 45.1. The number of aromatic nitrogens is 6. The van der Waals surface area contributed by atoms with Crippen LogP contribution in [0, 0.1) is 48.2 Å². The Kier molecular flexibility index (Phi) is 16.5. The van der Waals surface area contributed by atoms with Crippen molar-refractivity contribution < 1.29 is 55.9 Å². The summed E-state index contributed by atoms with van der Waals surface area (Å²) in [6.07, 6.45) is 5.34. The first-order valence-corrected chi connectivity index (χ1v) is 27.2. The van der Waals surface area contributed by atoms with Gasteiger partial charge in [0.1, 0.15) is 59.5 Å². The molecule has 4 atom stereocenters. The number of anilines is 2. The lowest BCUT2D eigenvalue weighted by atomic mass is 10.0. The molecule has 8 aromatic rings. The van der Waals surface area contributed by atoms with E-state index in [0.29, 0.717) is 49.8 Å². The monoisotopic (exact) mass is 1130 g/mol. The van der Waals surface area contributed by atoms with E-state index in [1.54, 1.807) is 36.4 Å². The van der Waals surface area contributed by atoms with Crippen LogP contribution in [-0.2, 0) is 53.4 Å². The van der Waals surface area contributed by atoms with Crippen molar-refractivity contribution in [2.24, 2.45) is 11.8 Å². The zero-order valence-corrected chi connectivity index (χ0v) is 45.1. The summed E-state index contributed by atoms with van der Waals surface area (Å²) in [7, 11) is 1.37. The molecular weight excluding hydrogens is 1080 g/mol. The molecule has 0 aliphatic carbocycles. The molecule has 0 radical (unpaired) electrons. The number of fused-ring (bicyclic) bond motifs is 2. The second kappa shape index (κ2) is 24.5. The van der Waals surface area contributed by atoms with Crippen molar-refractivity contribution in [3.63, 3.8) is 0 Å². The van der Waals surface area contributed by atoms with E-state index in [1.165, 1.54) is 43.5 Å². The molecule has 0 bridgehead atoms. The summed E-state index contributed by atoms with van der Waals surface area (Å²) in [5.74, 6) is -0.368. The number of carbonyl (C=O) groups is 2. The molecule has 0 unspecified atom stereocenters. The Hall–Kier alpha value is -9.12. The predicted octanol–water partition coefficient (Wildman–Crippen LogP) is 10.9. The molecular formula is C61H56F4N10O8. The maximum absolute atomic E-state index is 14.6. The number of carboxylic acid groups (broad SMARTS) is 1. The first-order chi connectivity index (χ1) is 40.3. The second-order valence-corrected chi connectivity index (χ2v) is 20.9. The van der Waals surface area contributed by atoms with Crippen LogP contribution in [-0.4, -0.2) is 105 Å². The minimum Gasteiger partial charge on any atom is -0.484 e. The van der Waals surface area contributed by atoms with Gasteiger partial charge < -0.3 is 47.7 Å². The van der Waals surface area contributed by atoms with Crippen LogP contribution in [0.4, 0.5) is 40.6 Å². The van der Waals surface area contributed by atoms with Crippen LogP contribution in [0.2, 0.25) is 0 Å². The lowest BCUT2D eigenvalue weighted by Gasteiger charge is -2.28. The van der Waals surface area contributed by atoms with Crippen LogP contribution >= 0.6 is 0 Å². The van der Waals surface area contributed by atoms with Gasteiger partial charge in [0.05, 0.1) is 78.7 Å². The first kappa shape index (κ1) is 55.8. The van der Waals surface area contributed by atoms with Crippen molar-refractivity contribution in [2.45, 2.75) is 77.0 Å². The van der Waals surface area contributed by atoms with E-state index < -0.39 is 35.2 Å². The molecule has 4 aliphatic heterocycles. The molecule has 22 heteroatoms. The summed E-state index contributed by atoms with van der Waals surface area (Å²) in [4.78, 5) is 53.0. The molecule has 0 spiro atoms. The molecule has 12 rings (SSSR count). The molecule has 4 aromatic heterocycles. The third-order valence-corrected chi connectivity index (χ3v) is 15.5. The van der Waals surface area contributed by atoms with E-state index in [1.807, 2.05) is 12.1 Å². The van der Waals surface area contributed by atoms with Gasteiger partial charge in [0.25, 0.3) is 0 Å².